The summed E-state index contributed by atoms with van der Waals surface area (Å²) in [6.45, 7) is 2.34. The molecule has 0 radical (unpaired) electrons. The van der Waals surface area contributed by atoms with Gasteiger partial charge in [0.1, 0.15) is 48.8 Å². The van der Waals surface area contributed by atoms with Crippen LogP contribution in [0, 0.1) is 5.41 Å². The molecule has 2 aliphatic heterocycles. The molecule has 0 aromatic heterocycles. The zero-order valence-corrected chi connectivity index (χ0v) is 16.8. The molecule has 0 aromatic carbocycles. The summed E-state index contributed by atoms with van der Waals surface area (Å²) in [6.07, 6.45) is -15.6. The first-order valence-corrected chi connectivity index (χ1v) is 9.42. The van der Waals surface area contributed by atoms with Gasteiger partial charge in [0.2, 0.25) is 0 Å². The molecule has 0 aliphatic carbocycles. The molecule has 13 heteroatoms. The Morgan fingerprint density at radius 2 is 1.20 bits per heavy atom. The van der Waals surface area contributed by atoms with Crippen molar-refractivity contribution in [2.45, 2.75) is 75.3 Å². The summed E-state index contributed by atoms with van der Waals surface area (Å²) in [5.74, 6) is 0. The van der Waals surface area contributed by atoms with Crippen molar-refractivity contribution in [3.8, 4) is 0 Å². The Morgan fingerprint density at radius 1 is 0.667 bits per heavy atom. The predicted octanol–water partition coefficient (Wildman–Crippen LogP) is -5.40. The van der Waals surface area contributed by atoms with Gasteiger partial charge in [-0.3, -0.25) is 0 Å². The molecule has 2 heterocycles. The standard InChI is InChI=1S/C12H22O11.C5H12O2/c13-1-3-5(15)6(16)9(19)12(22-3)23-10-4(2-14)21-11(20)8(18)7(10)17;1-5(2,3-6)4-7/h3-20H,1-2H2;6-7H,3-4H2,1-2H3/t3-,4-,5-,6+,7-,8-,9-,10-,11-,12-;/m1./s1. The molecule has 0 bridgehead atoms. The Hall–Kier alpha value is -0.520. The van der Waals surface area contributed by atoms with E-state index in [1.807, 2.05) is 0 Å². The van der Waals surface area contributed by atoms with Crippen LogP contribution in [-0.2, 0) is 14.2 Å². The Labute approximate surface area is 173 Å². The molecule has 0 unspecified atom stereocenters. The lowest BCUT2D eigenvalue weighted by Crippen LogP contribution is -2.64. The van der Waals surface area contributed by atoms with Gasteiger partial charge in [-0.25, -0.2) is 0 Å². The van der Waals surface area contributed by atoms with Crippen LogP contribution >= 0.6 is 0 Å². The molecule has 180 valence electrons. The molecule has 0 saturated carbocycles. The van der Waals surface area contributed by atoms with Gasteiger partial charge in [-0.15, -0.1) is 0 Å². The number of aliphatic hydroxyl groups excluding tert-OH is 10. The quantitative estimate of drug-likeness (QED) is 0.184. The normalized spacial score (nSPS) is 42.4. The summed E-state index contributed by atoms with van der Waals surface area (Å²) >= 11 is 0. The average Bonchev–Trinajstić information content (AvgIpc) is 2.74. The highest BCUT2D eigenvalue weighted by molar-refractivity contribution is 4.93. The maximum Gasteiger partial charge on any atom is 0.187 e. The van der Waals surface area contributed by atoms with Gasteiger partial charge >= 0.3 is 0 Å². The largest absolute Gasteiger partial charge is 0.396 e. The van der Waals surface area contributed by atoms with Gasteiger partial charge in [0.15, 0.2) is 12.6 Å². The van der Waals surface area contributed by atoms with Crippen LogP contribution in [0.3, 0.4) is 0 Å². The maximum atomic E-state index is 9.94. The first-order chi connectivity index (χ1) is 13.9. The van der Waals surface area contributed by atoms with Gasteiger partial charge in [-0.1, -0.05) is 13.8 Å². The third kappa shape index (κ3) is 6.74. The average molecular weight is 446 g/mol. The van der Waals surface area contributed by atoms with Crippen molar-refractivity contribution < 1.29 is 65.3 Å². The summed E-state index contributed by atoms with van der Waals surface area (Å²) < 4.78 is 15.3. The molecule has 10 N–H and O–H groups in total. The number of hydrogen-bond donors (Lipinski definition) is 10. The molecule has 10 atom stereocenters. The fraction of sp³-hybridized carbons (Fsp3) is 1.00. The van der Waals surface area contributed by atoms with Crippen molar-refractivity contribution in [2.24, 2.45) is 5.41 Å². The van der Waals surface area contributed by atoms with Crippen molar-refractivity contribution >= 4 is 0 Å². The van der Waals surface area contributed by atoms with E-state index < -0.39 is 74.6 Å². The van der Waals surface area contributed by atoms with Crippen LogP contribution in [-0.4, -0.2) is 139 Å². The van der Waals surface area contributed by atoms with E-state index in [0.29, 0.717) is 0 Å². The van der Waals surface area contributed by atoms with E-state index in [-0.39, 0.29) is 18.6 Å². The summed E-state index contributed by atoms with van der Waals surface area (Å²) in [4.78, 5) is 0. The van der Waals surface area contributed by atoms with Crippen LogP contribution in [0.1, 0.15) is 13.8 Å². The fourth-order valence-electron chi connectivity index (χ4n) is 2.62. The van der Waals surface area contributed by atoms with Gasteiger partial charge in [0.05, 0.1) is 26.4 Å². The van der Waals surface area contributed by atoms with Crippen LogP contribution in [0.5, 0.6) is 0 Å². The lowest BCUT2D eigenvalue weighted by atomic mass is 9.97. The van der Waals surface area contributed by atoms with E-state index in [9.17, 15) is 35.7 Å². The SMILES string of the molecule is CC(C)(CO)CO.OC[C@H]1O[C@H](O[C@H]2[C@H](O)[C@@H](O)[C@H](O)O[C@@H]2CO)[C@H](O)[C@@H](O)[C@@H]1O. The van der Waals surface area contributed by atoms with Gasteiger partial charge in [-0.2, -0.15) is 0 Å². The smallest absolute Gasteiger partial charge is 0.187 e. The van der Waals surface area contributed by atoms with Crippen molar-refractivity contribution in [1.29, 1.82) is 0 Å². The third-order valence-electron chi connectivity index (χ3n) is 4.84. The van der Waals surface area contributed by atoms with Crippen molar-refractivity contribution in [3.63, 3.8) is 0 Å². The molecule has 2 fully saturated rings. The second-order valence-electron chi connectivity index (χ2n) is 8.01. The molecule has 13 nitrogen and oxygen atoms in total. The van der Waals surface area contributed by atoms with Crippen LogP contribution in [0.25, 0.3) is 0 Å². The fourth-order valence-corrected chi connectivity index (χ4v) is 2.62. The summed E-state index contributed by atoms with van der Waals surface area (Å²) in [7, 11) is 0. The Morgan fingerprint density at radius 3 is 1.63 bits per heavy atom. The molecule has 2 saturated heterocycles. The molecule has 0 aromatic rings. The van der Waals surface area contributed by atoms with Gasteiger partial charge in [0.25, 0.3) is 0 Å². The minimum absolute atomic E-state index is 0.0451. The molecule has 30 heavy (non-hydrogen) atoms. The maximum absolute atomic E-state index is 9.94. The van der Waals surface area contributed by atoms with Crippen LogP contribution in [0.15, 0.2) is 0 Å². The summed E-state index contributed by atoms with van der Waals surface area (Å²) in [6, 6.07) is 0. The number of rotatable bonds is 6. The van der Waals surface area contributed by atoms with Crippen molar-refractivity contribution in [2.75, 3.05) is 26.4 Å². The van der Waals surface area contributed by atoms with Crippen molar-refractivity contribution in [3.05, 3.63) is 0 Å². The first kappa shape index (κ1) is 27.5. The topological polar surface area (TPSA) is 230 Å². The minimum Gasteiger partial charge on any atom is -0.396 e. The second kappa shape index (κ2) is 11.9. The zero-order chi connectivity index (χ0) is 23.2. The number of hydrogen-bond acceptors (Lipinski definition) is 13. The summed E-state index contributed by atoms with van der Waals surface area (Å²) in [5, 5.41) is 93.4. The van der Waals surface area contributed by atoms with Crippen LogP contribution in [0.4, 0.5) is 0 Å². The minimum atomic E-state index is -1.74. The highest BCUT2D eigenvalue weighted by atomic mass is 16.7. The summed E-state index contributed by atoms with van der Waals surface area (Å²) in [5.41, 5.74) is -0.306. The molecule has 2 aliphatic rings. The van der Waals surface area contributed by atoms with E-state index in [0.717, 1.165) is 0 Å². The highest BCUT2D eigenvalue weighted by Crippen LogP contribution is 2.28. The monoisotopic (exact) mass is 446 g/mol. The van der Waals surface area contributed by atoms with E-state index >= 15 is 0 Å². The Kier molecular flexibility index (Phi) is 10.9. The molecule has 0 amide bonds. The van der Waals surface area contributed by atoms with Crippen molar-refractivity contribution in [1.82, 2.24) is 0 Å². The van der Waals surface area contributed by atoms with E-state index in [1.54, 1.807) is 13.8 Å². The third-order valence-corrected chi connectivity index (χ3v) is 4.84. The lowest BCUT2D eigenvalue weighted by molar-refractivity contribution is -0.355. The molecular formula is C17H34O13. The number of aliphatic hydroxyl groups is 10. The lowest BCUT2D eigenvalue weighted by Gasteiger charge is -2.45. The van der Waals surface area contributed by atoms with E-state index in [1.165, 1.54) is 0 Å². The second-order valence-corrected chi connectivity index (χ2v) is 8.01. The van der Waals surface area contributed by atoms with Gasteiger partial charge < -0.3 is 65.3 Å². The van der Waals surface area contributed by atoms with Crippen LogP contribution < -0.4 is 0 Å². The zero-order valence-electron chi connectivity index (χ0n) is 16.8. The first-order valence-electron chi connectivity index (χ1n) is 9.42. The van der Waals surface area contributed by atoms with E-state index in [2.05, 4.69) is 0 Å². The number of ether oxygens (including phenoxy) is 3. The Balaban J connectivity index is 0.000000553. The van der Waals surface area contributed by atoms with Crippen LogP contribution in [0.2, 0.25) is 0 Å². The van der Waals surface area contributed by atoms with E-state index in [4.69, 9.17) is 29.5 Å². The highest BCUT2D eigenvalue weighted by Gasteiger charge is 2.50. The molecule has 2 rings (SSSR count). The Bertz CT molecular complexity index is 482. The molecular weight excluding hydrogens is 412 g/mol. The van der Waals surface area contributed by atoms with Gasteiger partial charge in [0, 0.05) is 5.41 Å². The predicted molar refractivity (Wildman–Crippen MR) is 96.6 cm³/mol. The molecule has 0 spiro atoms. The van der Waals surface area contributed by atoms with Gasteiger partial charge in [-0.05, 0) is 0 Å².